The Morgan fingerprint density at radius 1 is 1.19 bits per heavy atom. The van der Waals surface area contributed by atoms with Gasteiger partial charge in [0, 0.05) is 51.9 Å². The molecule has 0 amide bonds. The molecule has 1 saturated heterocycles. The third-order valence-corrected chi connectivity index (χ3v) is 4.42. The lowest BCUT2D eigenvalue weighted by molar-refractivity contribution is 0.129. The summed E-state index contributed by atoms with van der Waals surface area (Å²) in [5, 5.41) is 3.46. The summed E-state index contributed by atoms with van der Waals surface area (Å²) in [7, 11) is 1.85. The number of halogens is 1. The molecule has 0 unspecified atom stereocenters. The van der Waals surface area contributed by atoms with E-state index in [4.69, 9.17) is 4.74 Å². The summed E-state index contributed by atoms with van der Waals surface area (Å²) < 4.78 is 6.06. The minimum Gasteiger partial charge on any atom is -0.490 e. The smallest absolute Gasteiger partial charge is 0.193 e. The zero-order chi connectivity index (χ0) is 17.3. The fourth-order valence-electron chi connectivity index (χ4n) is 3.07. The normalized spacial score (nSPS) is 15.3. The van der Waals surface area contributed by atoms with E-state index in [9.17, 15) is 0 Å². The van der Waals surface area contributed by atoms with Crippen LogP contribution in [0.1, 0.15) is 18.4 Å². The number of ether oxygens (including phenoxy) is 1. The number of guanidine groups is 1. The highest BCUT2D eigenvalue weighted by Gasteiger charge is 2.22. The number of aliphatic imine (C=N–C) groups is 1. The Labute approximate surface area is 172 Å². The lowest BCUT2D eigenvalue weighted by atomic mass is 10.1. The number of rotatable bonds is 5. The number of hydrogen-bond acceptors (Lipinski definition) is 3. The van der Waals surface area contributed by atoms with Crippen molar-refractivity contribution in [2.75, 3.05) is 26.7 Å². The average molecular weight is 466 g/mol. The second kappa shape index (κ2) is 11.0. The molecule has 6 heteroatoms. The van der Waals surface area contributed by atoms with Crippen molar-refractivity contribution in [2.24, 2.45) is 4.99 Å². The molecule has 1 aromatic heterocycles. The molecule has 1 aromatic carbocycles. The van der Waals surface area contributed by atoms with Crippen molar-refractivity contribution < 1.29 is 4.74 Å². The molecule has 26 heavy (non-hydrogen) atoms. The minimum absolute atomic E-state index is 0. The largest absolute Gasteiger partial charge is 0.490 e. The number of benzene rings is 1. The van der Waals surface area contributed by atoms with Gasteiger partial charge in [-0.15, -0.1) is 24.0 Å². The summed E-state index contributed by atoms with van der Waals surface area (Å²) >= 11 is 0. The topological polar surface area (TPSA) is 49.8 Å². The van der Waals surface area contributed by atoms with E-state index in [1.807, 2.05) is 49.6 Å². The van der Waals surface area contributed by atoms with Gasteiger partial charge in [-0.1, -0.05) is 24.3 Å². The van der Waals surface area contributed by atoms with Gasteiger partial charge in [-0.05, 0) is 30.2 Å². The summed E-state index contributed by atoms with van der Waals surface area (Å²) in [5.74, 6) is 1.93. The maximum atomic E-state index is 6.06. The molecular formula is C20H27IN4O. The first-order valence-corrected chi connectivity index (χ1v) is 8.91. The lowest BCUT2D eigenvalue weighted by Gasteiger charge is -2.34. The summed E-state index contributed by atoms with van der Waals surface area (Å²) in [4.78, 5) is 10.9. The van der Waals surface area contributed by atoms with Crippen LogP contribution in [0.3, 0.4) is 0 Å². The zero-order valence-corrected chi connectivity index (χ0v) is 17.5. The summed E-state index contributed by atoms with van der Waals surface area (Å²) in [6.07, 6.45) is 6.97. The molecule has 0 bridgehead atoms. The highest BCUT2D eigenvalue weighted by molar-refractivity contribution is 14.0. The Morgan fingerprint density at radius 2 is 1.96 bits per heavy atom. The first-order valence-electron chi connectivity index (χ1n) is 8.91. The second-order valence-electron chi connectivity index (χ2n) is 6.20. The molecule has 1 aliphatic rings. The van der Waals surface area contributed by atoms with Crippen LogP contribution in [0.15, 0.2) is 59.9 Å². The number of hydrogen-bond donors (Lipinski definition) is 1. The van der Waals surface area contributed by atoms with Crippen molar-refractivity contribution in [1.82, 2.24) is 15.2 Å². The Morgan fingerprint density at radius 3 is 2.62 bits per heavy atom. The van der Waals surface area contributed by atoms with Gasteiger partial charge in [0.2, 0.25) is 0 Å². The van der Waals surface area contributed by atoms with Crippen LogP contribution in [-0.2, 0) is 6.42 Å². The van der Waals surface area contributed by atoms with Crippen LogP contribution in [0.2, 0.25) is 0 Å². The van der Waals surface area contributed by atoms with Crippen LogP contribution in [0.4, 0.5) is 0 Å². The average Bonchev–Trinajstić information content (AvgIpc) is 2.68. The van der Waals surface area contributed by atoms with E-state index in [2.05, 4.69) is 26.3 Å². The van der Waals surface area contributed by atoms with Gasteiger partial charge in [0.15, 0.2) is 5.96 Å². The van der Waals surface area contributed by atoms with Gasteiger partial charge in [0.1, 0.15) is 11.9 Å². The Bertz CT molecular complexity index is 658. The summed E-state index contributed by atoms with van der Waals surface area (Å²) in [6.45, 7) is 2.78. The maximum Gasteiger partial charge on any atom is 0.193 e. The third kappa shape index (κ3) is 6.16. The second-order valence-corrected chi connectivity index (χ2v) is 6.20. The fourth-order valence-corrected chi connectivity index (χ4v) is 3.07. The summed E-state index contributed by atoms with van der Waals surface area (Å²) in [5.41, 5.74) is 1.24. The van der Waals surface area contributed by atoms with E-state index in [0.717, 1.165) is 50.6 Å². The fraction of sp³-hybridized carbons (Fsp3) is 0.400. The minimum atomic E-state index is 0. The van der Waals surface area contributed by atoms with Crippen molar-refractivity contribution in [3.63, 3.8) is 0 Å². The molecule has 140 valence electrons. The highest BCUT2D eigenvalue weighted by Crippen LogP contribution is 2.18. The molecule has 0 spiro atoms. The molecule has 2 aromatic rings. The Hall–Kier alpha value is -1.83. The molecule has 3 rings (SSSR count). The zero-order valence-electron chi connectivity index (χ0n) is 15.2. The lowest BCUT2D eigenvalue weighted by Crippen LogP contribution is -2.47. The molecule has 0 atom stereocenters. The number of likely N-dealkylation sites (tertiary alicyclic amines) is 1. The number of piperidine rings is 1. The van der Waals surface area contributed by atoms with E-state index in [1.54, 1.807) is 6.20 Å². The number of nitrogens with zero attached hydrogens (tertiary/aromatic N) is 3. The molecule has 5 nitrogen and oxygen atoms in total. The maximum absolute atomic E-state index is 6.06. The van der Waals surface area contributed by atoms with Crippen LogP contribution in [0, 0.1) is 0 Å². The highest BCUT2D eigenvalue weighted by atomic mass is 127. The van der Waals surface area contributed by atoms with E-state index in [0.29, 0.717) is 0 Å². The van der Waals surface area contributed by atoms with Crippen molar-refractivity contribution in [1.29, 1.82) is 0 Å². The third-order valence-electron chi connectivity index (χ3n) is 4.42. The predicted octanol–water partition coefficient (Wildman–Crippen LogP) is 3.36. The molecule has 1 N–H and O–H groups in total. The molecule has 0 radical (unpaired) electrons. The first kappa shape index (κ1) is 20.5. The van der Waals surface area contributed by atoms with E-state index >= 15 is 0 Å². The number of pyridine rings is 1. The first-order chi connectivity index (χ1) is 12.3. The molecule has 1 aliphatic heterocycles. The van der Waals surface area contributed by atoms with Gasteiger partial charge in [0.25, 0.3) is 0 Å². The Kier molecular flexibility index (Phi) is 8.67. The quantitative estimate of drug-likeness (QED) is 0.417. The van der Waals surface area contributed by atoms with E-state index in [1.165, 1.54) is 5.56 Å². The van der Waals surface area contributed by atoms with Crippen molar-refractivity contribution in [3.8, 4) is 5.75 Å². The molecule has 1 fully saturated rings. The van der Waals surface area contributed by atoms with Crippen molar-refractivity contribution >= 4 is 29.9 Å². The van der Waals surface area contributed by atoms with E-state index < -0.39 is 0 Å². The number of aromatic nitrogens is 1. The van der Waals surface area contributed by atoms with Gasteiger partial charge in [0.05, 0.1) is 0 Å². The SMILES string of the molecule is CN=C(NCCc1cccnc1)N1CCC(Oc2ccccc2)CC1.I. The van der Waals surface area contributed by atoms with Crippen molar-refractivity contribution in [3.05, 3.63) is 60.4 Å². The standard InChI is InChI=1S/C20H26N4O.HI/c1-21-20(23-13-9-17-6-5-12-22-16-17)24-14-10-19(11-15-24)25-18-7-3-2-4-8-18;/h2-8,12,16,19H,9-11,13-15H2,1H3,(H,21,23);1H. The van der Waals surface area contributed by atoms with Crippen LogP contribution in [-0.4, -0.2) is 48.6 Å². The molecule has 0 aliphatic carbocycles. The van der Waals surface area contributed by atoms with Gasteiger partial charge in [-0.3, -0.25) is 9.98 Å². The Balaban J connectivity index is 0.00000243. The predicted molar refractivity (Wildman–Crippen MR) is 116 cm³/mol. The van der Waals surface area contributed by atoms with E-state index in [-0.39, 0.29) is 30.1 Å². The number of para-hydroxylation sites is 1. The summed E-state index contributed by atoms with van der Waals surface area (Å²) in [6, 6.07) is 14.1. The van der Waals surface area contributed by atoms with Crippen molar-refractivity contribution in [2.45, 2.75) is 25.4 Å². The van der Waals surface area contributed by atoms with Crippen LogP contribution >= 0.6 is 24.0 Å². The van der Waals surface area contributed by atoms with Crippen LogP contribution in [0.25, 0.3) is 0 Å². The molecule has 2 heterocycles. The van der Waals surface area contributed by atoms with Gasteiger partial charge in [-0.25, -0.2) is 0 Å². The number of nitrogens with one attached hydrogen (secondary N) is 1. The van der Waals surface area contributed by atoms with Gasteiger partial charge >= 0.3 is 0 Å². The molecule has 0 saturated carbocycles. The van der Waals surface area contributed by atoms with Crippen LogP contribution in [0.5, 0.6) is 5.75 Å². The van der Waals surface area contributed by atoms with Gasteiger partial charge in [-0.2, -0.15) is 0 Å². The van der Waals surface area contributed by atoms with Gasteiger partial charge < -0.3 is 15.0 Å². The van der Waals surface area contributed by atoms with Crippen LogP contribution < -0.4 is 10.1 Å². The molecular weight excluding hydrogens is 439 g/mol. The monoisotopic (exact) mass is 466 g/mol.